The molecule has 0 aliphatic carbocycles. The Morgan fingerprint density at radius 2 is 2.10 bits per heavy atom. The van der Waals surface area contributed by atoms with Gasteiger partial charge in [0.25, 0.3) is 5.78 Å². The summed E-state index contributed by atoms with van der Waals surface area (Å²) in [5, 5.41) is 4.94. The molecule has 0 aliphatic heterocycles. The van der Waals surface area contributed by atoms with E-state index in [1.165, 1.54) is 11.8 Å². The number of nitrogens with zero attached hydrogens (tertiary/aromatic N) is 4. The van der Waals surface area contributed by atoms with Crippen molar-refractivity contribution in [1.29, 1.82) is 0 Å². The molecule has 2 heterocycles. The molecule has 0 atom stereocenters. The number of sulfonamides is 1. The highest BCUT2D eigenvalue weighted by Crippen LogP contribution is 2.14. The van der Waals surface area contributed by atoms with Crippen molar-refractivity contribution in [2.45, 2.75) is 25.9 Å². The molecule has 2 aromatic heterocycles. The number of fused-ring (bicyclic) bond motifs is 1. The maximum Gasteiger partial charge on any atom is 0.253 e. The van der Waals surface area contributed by atoms with E-state index in [2.05, 4.69) is 19.8 Å². The van der Waals surface area contributed by atoms with Crippen molar-refractivity contribution in [3.8, 4) is 0 Å². The lowest BCUT2D eigenvalue weighted by molar-refractivity contribution is 0.585. The fraction of sp³-hybridized carbons (Fsp3) is 0.545. The molecule has 0 aliphatic rings. The van der Waals surface area contributed by atoms with Gasteiger partial charge in [0.2, 0.25) is 15.2 Å². The molecular formula is C11H17N5O2S2. The molecule has 0 fully saturated rings. The maximum absolute atomic E-state index is 11.3. The second kappa shape index (κ2) is 6.06. The van der Waals surface area contributed by atoms with Gasteiger partial charge in [0.1, 0.15) is 0 Å². The summed E-state index contributed by atoms with van der Waals surface area (Å²) in [5.74, 6) is 1.24. The third kappa shape index (κ3) is 3.68. The highest BCUT2D eigenvalue weighted by atomic mass is 32.2. The van der Waals surface area contributed by atoms with Crippen LogP contribution in [-0.2, 0) is 10.0 Å². The fourth-order valence-corrected chi connectivity index (χ4v) is 3.07. The van der Waals surface area contributed by atoms with Gasteiger partial charge in [-0.2, -0.15) is 4.98 Å². The van der Waals surface area contributed by atoms with Crippen LogP contribution in [0.2, 0.25) is 0 Å². The van der Waals surface area contributed by atoms with Gasteiger partial charge in [-0.1, -0.05) is 11.8 Å². The highest BCUT2D eigenvalue weighted by molar-refractivity contribution is 7.99. The van der Waals surface area contributed by atoms with E-state index >= 15 is 0 Å². The average molecular weight is 315 g/mol. The Morgan fingerprint density at radius 3 is 2.80 bits per heavy atom. The van der Waals surface area contributed by atoms with Crippen LogP contribution in [0.5, 0.6) is 0 Å². The summed E-state index contributed by atoms with van der Waals surface area (Å²) in [6.45, 7) is 5.83. The summed E-state index contributed by atoms with van der Waals surface area (Å²) in [6, 6.07) is 1.94. The number of rotatable bonds is 6. The summed E-state index contributed by atoms with van der Waals surface area (Å²) in [6.07, 6.45) is 0. The first-order valence-corrected chi connectivity index (χ1v) is 8.86. The van der Waals surface area contributed by atoms with Crippen molar-refractivity contribution in [1.82, 2.24) is 24.3 Å². The Morgan fingerprint density at radius 1 is 1.35 bits per heavy atom. The van der Waals surface area contributed by atoms with Crippen LogP contribution >= 0.6 is 11.8 Å². The van der Waals surface area contributed by atoms with E-state index < -0.39 is 10.0 Å². The zero-order chi connectivity index (χ0) is 14.8. The molecule has 0 aromatic carbocycles. The van der Waals surface area contributed by atoms with Crippen LogP contribution in [0.1, 0.15) is 18.3 Å². The Kier molecular flexibility index (Phi) is 4.61. The SMILES string of the molecule is CCS(=O)(=O)NCCSc1nc2nc(C)cc(C)n2n1. The van der Waals surface area contributed by atoms with Crippen molar-refractivity contribution in [3.05, 3.63) is 17.5 Å². The van der Waals surface area contributed by atoms with Gasteiger partial charge in [-0.15, -0.1) is 5.10 Å². The van der Waals surface area contributed by atoms with Gasteiger partial charge in [-0.05, 0) is 26.8 Å². The molecule has 1 N–H and O–H groups in total. The molecule has 2 rings (SSSR count). The van der Waals surface area contributed by atoms with Gasteiger partial charge >= 0.3 is 0 Å². The smallest absolute Gasteiger partial charge is 0.216 e. The normalized spacial score (nSPS) is 12.2. The molecular weight excluding hydrogens is 298 g/mol. The monoisotopic (exact) mass is 315 g/mol. The number of aryl methyl sites for hydroxylation is 2. The van der Waals surface area contributed by atoms with Crippen molar-refractivity contribution in [2.24, 2.45) is 0 Å². The van der Waals surface area contributed by atoms with Crippen molar-refractivity contribution < 1.29 is 8.42 Å². The van der Waals surface area contributed by atoms with Gasteiger partial charge in [0.15, 0.2) is 0 Å². The molecule has 0 amide bonds. The number of nitrogens with one attached hydrogen (secondary N) is 1. The van der Waals surface area contributed by atoms with E-state index in [4.69, 9.17) is 0 Å². The Hall–Kier alpha value is -1.19. The van der Waals surface area contributed by atoms with E-state index in [-0.39, 0.29) is 5.75 Å². The third-order valence-corrected chi connectivity index (χ3v) is 4.88. The van der Waals surface area contributed by atoms with E-state index in [0.717, 1.165) is 11.4 Å². The summed E-state index contributed by atoms with van der Waals surface area (Å²) >= 11 is 1.40. The van der Waals surface area contributed by atoms with Gasteiger partial charge in [-0.3, -0.25) is 0 Å². The van der Waals surface area contributed by atoms with Crippen LogP contribution < -0.4 is 4.72 Å². The number of hydrogen-bond acceptors (Lipinski definition) is 6. The third-order valence-electron chi connectivity index (χ3n) is 2.63. The molecule has 0 radical (unpaired) electrons. The molecule has 0 bridgehead atoms. The van der Waals surface area contributed by atoms with Crippen molar-refractivity contribution in [2.75, 3.05) is 18.1 Å². The lowest BCUT2D eigenvalue weighted by Gasteiger charge is -2.01. The van der Waals surface area contributed by atoms with Gasteiger partial charge < -0.3 is 0 Å². The molecule has 110 valence electrons. The van der Waals surface area contributed by atoms with E-state index in [1.54, 1.807) is 11.4 Å². The topological polar surface area (TPSA) is 89.2 Å². The fourth-order valence-electron chi connectivity index (χ4n) is 1.65. The van der Waals surface area contributed by atoms with E-state index in [0.29, 0.717) is 23.2 Å². The predicted octanol–water partition coefficient (Wildman–Crippen LogP) is 0.773. The summed E-state index contributed by atoms with van der Waals surface area (Å²) in [7, 11) is -3.13. The highest BCUT2D eigenvalue weighted by Gasteiger charge is 2.09. The Labute approximate surface area is 122 Å². The van der Waals surface area contributed by atoms with Crippen LogP contribution in [0, 0.1) is 13.8 Å². The number of hydrogen-bond donors (Lipinski definition) is 1. The molecule has 9 heteroatoms. The minimum absolute atomic E-state index is 0.0900. The predicted molar refractivity (Wildman–Crippen MR) is 78.4 cm³/mol. The first-order chi connectivity index (χ1) is 9.41. The maximum atomic E-state index is 11.3. The second-order valence-electron chi connectivity index (χ2n) is 4.29. The lowest BCUT2D eigenvalue weighted by atomic mass is 10.4. The van der Waals surface area contributed by atoms with Gasteiger partial charge in [0, 0.05) is 23.7 Å². The first kappa shape index (κ1) is 15.2. The van der Waals surface area contributed by atoms with Crippen molar-refractivity contribution in [3.63, 3.8) is 0 Å². The zero-order valence-corrected chi connectivity index (χ0v) is 13.3. The number of aromatic nitrogens is 4. The Balaban J connectivity index is 1.99. The summed E-state index contributed by atoms with van der Waals surface area (Å²) in [5.41, 5.74) is 1.87. The molecule has 0 unspecified atom stereocenters. The second-order valence-corrected chi connectivity index (χ2v) is 7.45. The van der Waals surface area contributed by atoms with Crippen LogP contribution in [-0.4, -0.2) is 46.1 Å². The van der Waals surface area contributed by atoms with Crippen LogP contribution in [0.4, 0.5) is 0 Å². The van der Waals surface area contributed by atoms with E-state index in [9.17, 15) is 8.42 Å². The van der Waals surface area contributed by atoms with E-state index in [1.807, 2.05) is 19.9 Å². The van der Waals surface area contributed by atoms with Gasteiger partial charge in [0.05, 0.1) is 5.75 Å². The molecule has 0 saturated carbocycles. The quantitative estimate of drug-likeness (QED) is 0.626. The summed E-state index contributed by atoms with van der Waals surface area (Å²) in [4.78, 5) is 8.62. The largest absolute Gasteiger partial charge is 0.253 e. The summed E-state index contributed by atoms with van der Waals surface area (Å²) < 4.78 is 26.7. The minimum Gasteiger partial charge on any atom is -0.216 e. The number of thioether (sulfide) groups is 1. The zero-order valence-electron chi connectivity index (χ0n) is 11.6. The molecule has 20 heavy (non-hydrogen) atoms. The average Bonchev–Trinajstić information content (AvgIpc) is 2.78. The van der Waals surface area contributed by atoms with Gasteiger partial charge in [-0.25, -0.2) is 22.6 Å². The van der Waals surface area contributed by atoms with Crippen LogP contribution in [0.3, 0.4) is 0 Å². The molecule has 0 saturated heterocycles. The molecule has 0 spiro atoms. The molecule has 7 nitrogen and oxygen atoms in total. The Bertz CT molecular complexity index is 711. The van der Waals surface area contributed by atoms with Crippen LogP contribution in [0.15, 0.2) is 11.2 Å². The van der Waals surface area contributed by atoms with Crippen molar-refractivity contribution >= 4 is 27.6 Å². The van der Waals surface area contributed by atoms with Crippen LogP contribution in [0.25, 0.3) is 5.78 Å². The standard InChI is InChI=1S/C11H17N5O2S2/c1-4-20(17,18)12-5-6-19-11-14-10-13-8(2)7-9(3)16(10)15-11/h7,12H,4-6H2,1-3H3. The first-order valence-electron chi connectivity index (χ1n) is 6.22. The lowest BCUT2D eigenvalue weighted by Crippen LogP contribution is -2.27. The minimum atomic E-state index is -3.13. The molecule has 2 aromatic rings.